The third kappa shape index (κ3) is 3.74. The maximum Gasteiger partial charge on any atom is 0.0336 e. The molecule has 1 heteroatoms. The molecule has 0 aromatic heterocycles. The van der Waals surface area contributed by atoms with E-state index >= 15 is 0 Å². The Balaban J connectivity index is 3.41. The van der Waals surface area contributed by atoms with Crippen LogP contribution in [0.25, 0.3) is 0 Å². The zero-order valence-corrected chi connectivity index (χ0v) is 8.43. The van der Waals surface area contributed by atoms with Gasteiger partial charge in [-0.05, 0) is 5.54 Å². The van der Waals surface area contributed by atoms with Crippen molar-refractivity contribution in [2.75, 3.05) is 0 Å². The molecule has 0 saturated heterocycles. The Bertz CT molecular complexity index is 59.6. The van der Waals surface area contributed by atoms with Crippen molar-refractivity contribution in [3.05, 3.63) is 0 Å². The van der Waals surface area contributed by atoms with Gasteiger partial charge in [0.2, 0.25) is 0 Å². The van der Waals surface area contributed by atoms with Gasteiger partial charge in [-0.2, -0.15) is 0 Å². The highest BCUT2D eigenvalue weighted by atomic mass is 28.3. The minimum atomic E-state index is -0.303. The maximum atomic E-state index is 2.46. The minimum Gasteiger partial charge on any atom is -0.0720 e. The van der Waals surface area contributed by atoms with Gasteiger partial charge in [0.15, 0.2) is 0 Å². The summed E-state index contributed by atoms with van der Waals surface area (Å²) < 4.78 is 0. The van der Waals surface area contributed by atoms with Crippen LogP contribution < -0.4 is 0 Å². The maximum absolute atomic E-state index is 2.46. The number of rotatable bonds is 4. The van der Waals surface area contributed by atoms with Crippen LogP contribution in [0.4, 0.5) is 0 Å². The van der Waals surface area contributed by atoms with Crippen molar-refractivity contribution in [2.24, 2.45) is 0 Å². The highest BCUT2D eigenvalue weighted by molar-refractivity contribution is 6.57. The fourth-order valence-corrected chi connectivity index (χ4v) is 3.32. The zero-order chi connectivity index (χ0) is 7.28. The molecular weight excluding hydrogens is 124 g/mol. The molecule has 0 aromatic rings. The first-order chi connectivity index (χ1) is 4.22. The Morgan fingerprint density at radius 1 is 1.22 bits per heavy atom. The Morgan fingerprint density at radius 2 is 1.78 bits per heavy atom. The van der Waals surface area contributed by atoms with Crippen molar-refractivity contribution in [3.63, 3.8) is 0 Å². The fourth-order valence-electron chi connectivity index (χ4n) is 1.38. The third-order valence-electron chi connectivity index (χ3n) is 2.13. The van der Waals surface area contributed by atoms with Crippen LogP contribution in [0.1, 0.15) is 33.1 Å². The zero-order valence-electron chi connectivity index (χ0n) is 7.28. The second-order valence-corrected chi connectivity index (χ2v) is 6.63. The standard InChI is InChI=1S/C8H20Si/c1-5-7-8(6-2)9(3)4/h8-9H,5-7H2,1-4H3. The van der Waals surface area contributed by atoms with Gasteiger partial charge in [0, 0.05) is 8.80 Å². The quantitative estimate of drug-likeness (QED) is 0.532. The third-order valence-corrected chi connectivity index (χ3v) is 4.82. The Kier molecular flexibility index (Phi) is 5.16. The first-order valence-corrected chi connectivity index (χ1v) is 7.19. The molecule has 0 rings (SSSR count). The van der Waals surface area contributed by atoms with E-state index in [1.165, 1.54) is 19.3 Å². The molecule has 0 saturated carbocycles. The smallest absolute Gasteiger partial charge is 0.0336 e. The van der Waals surface area contributed by atoms with Gasteiger partial charge in [0.25, 0.3) is 0 Å². The lowest BCUT2D eigenvalue weighted by atomic mass is 10.2. The largest absolute Gasteiger partial charge is 0.0720 e. The lowest BCUT2D eigenvalue weighted by molar-refractivity contribution is 0.687. The van der Waals surface area contributed by atoms with Gasteiger partial charge in [-0.25, -0.2) is 0 Å². The molecule has 0 aliphatic heterocycles. The van der Waals surface area contributed by atoms with Crippen molar-refractivity contribution in [2.45, 2.75) is 51.7 Å². The van der Waals surface area contributed by atoms with Gasteiger partial charge in [0.05, 0.1) is 0 Å². The average Bonchev–Trinajstić information content (AvgIpc) is 1.82. The summed E-state index contributed by atoms with van der Waals surface area (Å²) in [5, 5.41) is 0. The molecule has 0 heterocycles. The SMILES string of the molecule is CCCC(CC)[SiH](C)C. The summed E-state index contributed by atoms with van der Waals surface area (Å²) in [5.74, 6) is 0. The lowest BCUT2D eigenvalue weighted by Crippen LogP contribution is -2.10. The predicted molar refractivity (Wildman–Crippen MR) is 47.8 cm³/mol. The van der Waals surface area contributed by atoms with Crippen LogP contribution in [-0.4, -0.2) is 8.80 Å². The van der Waals surface area contributed by atoms with E-state index in [2.05, 4.69) is 26.9 Å². The van der Waals surface area contributed by atoms with Crippen LogP contribution in [0.5, 0.6) is 0 Å². The lowest BCUT2D eigenvalue weighted by Gasteiger charge is -2.15. The van der Waals surface area contributed by atoms with Crippen molar-refractivity contribution < 1.29 is 0 Å². The molecule has 0 radical (unpaired) electrons. The molecule has 0 spiro atoms. The van der Waals surface area contributed by atoms with Crippen LogP contribution in [-0.2, 0) is 0 Å². The van der Waals surface area contributed by atoms with Crippen LogP contribution in [0.3, 0.4) is 0 Å². The van der Waals surface area contributed by atoms with Crippen LogP contribution in [0.15, 0.2) is 0 Å². The Hall–Kier alpha value is 0.217. The molecule has 0 N–H and O–H groups in total. The van der Waals surface area contributed by atoms with E-state index in [0.29, 0.717) is 0 Å². The first-order valence-electron chi connectivity index (χ1n) is 4.22. The topological polar surface area (TPSA) is 0 Å². The summed E-state index contributed by atoms with van der Waals surface area (Å²) >= 11 is 0. The molecule has 0 aliphatic rings. The highest BCUT2D eigenvalue weighted by Crippen LogP contribution is 2.20. The molecule has 0 aromatic carbocycles. The van der Waals surface area contributed by atoms with Gasteiger partial charge in [0.1, 0.15) is 0 Å². The molecule has 56 valence electrons. The van der Waals surface area contributed by atoms with Crippen LogP contribution in [0.2, 0.25) is 18.6 Å². The molecule has 0 nitrogen and oxygen atoms in total. The number of hydrogen-bond acceptors (Lipinski definition) is 0. The second-order valence-electron chi connectivity index (χ2n) is 3.20. The van der Waals surface area contributed by atoms with Gasteiger partial charge in [-0.3, -0.25) is 0 Å². The molecule has 0 bridgehead atoms. The van der Waals surface area contributed by atoms with E-state index in [1.807, 2.05) is 0 Å². The monoisotopic (exact) mass is 144 g/mol. The molecule has 0 fully saturated rings. The Morgan fingerprint density at radius 3 is 1.89 bits per heavy atom. The summed E-state index contributed by atoms with van der Waals surface area (Å²) in [6.45, 7) is 9.54. The highest BCUT2D eigenvalue weighted by Gasteiger charge is 2.09. The van der Waals surface area contributed by atoms with Gasteiger partial charge >= 0.3 is 0 Å². The van der Waals surface area contributed by atoms with Gasteiger partial charge in [-0.15, -0.1) is 0 Å². The van der Waals surface area contributed by atoms with E-state index in [-0.39, 0.29) is 8.80 Å². The average molecular weight is 144 g/mol. The second kappa shape index (κ2) is 5.04. The fraction of sp³-hybridized carbons (Fsp3) is 1.00. The van der Waals surface area contributed by atoms with Gasteiger partial charge in [-0.1, -0.05) is 46.2 Å². The van der Waals surface area contributed by atoms with E-state index < -0.39 is 0 Å². The molecule has 1 atom stereocenters. The van der Waals surface area contributed by atoms with Crippen molar-refractivity contribution in [1.29, 1.82) is 0 Å². The van der Waals surface area contributed by atoms with Crippen molar-refractivity contribution in [1.82, 2.24) is 0 Å². The van der Waals surface area contributed by atoms with Crippen LogP contribution in [0, 0.1) is 0 Å². The molecular formula is C8H20Si. The van der Waals surface area contributed by atoms with Gasteiger partial charge < -0.3 is 0 Å². The summed E-state index contributed by atoms with van der Waals surface area (Å²) in [6.07, 6.45) is 4.27. The van der Waals surface area contributed by atoms with E-state index in [0.717, 1.165) is 5.54 Å². The normalized spacial score (nSPS) is 14.3. The summed E-state index contributed by atoms with van der Waals surface area (Å²) in [5.41, 5.74) is 1.11. The Labute approximate surface area is 61.3 Å². The minimum absolute atomic E-state index is 0.303. The van der Waals surface area contributed by atoms with Crippen LogP contribution >= 0.6 is 0 Å². The first kappa shape index (κ1) is 9.22. The molecule has 0 amide bonds. The summed E-state index contributed by atoms with van der Waals surface area (Å²) in [6, 6.07) is 0. The summed E-state index contributed by atoms with van der Waals surface area (Å²) in [7, 11) is -0.303. The van der Waals surface area contributed by atoms with E-state index in [1.54, 1.807) is 0 Å². The summed E-state index contributed by atoms with van der Waals surface area (Å²) in [4.78, 5) is 0. The molecule has 0 aliphatic carbocycles. The van der Waals surface area contributed by atoms with E-state index in [9.17, 15) is 0 Å². The molecule has 9 heavy (non-hydrogen) atoms. The number of hydrogen-bond donors (Lipinski definition) is 0. The van der Waals surface area contributed by atoms with Crippen molar-refractivity contribution in [3.8, 4) is 0 Å². The van der Waals surface area contributed by atoms with E-state index in [4.69, 9.17) is 0 Å². The van der Waals surface area contributed by atoms with Crippen molar-refractivity contribution >= 4 is 8.80 Å². The molecule has 1 unspecified atom stereocenters. The predicted octanol–water partition coefficient (Wildman–Crippen LogP) is 3.05.